The summed E-state index contributed by atoms with van der Waals surface area (Å²) in [6.07, 6.45) is 12.1. The summed E-state index contributed by atoms with van der Waals surface area (Å²) in [5, 5.41) is 11.4. The number of nitrogens with zero attached hydrogens (tertiary/aromatic N) is 5. The number of amidine groups is 1. The van der Waals surface area contributed by atoms with E-state index >= 15 is 0 Å². The van der Waals surface area contributed by atoms with Crippen LogP contribution < -0.4 is 10.5 Å². The van der Waals surface area contributed by atoms with Gasteiger partial charge in [0.1, 0.15) is 5.75 Å². The molecule has 0 spiro atoms. The molecule has 0 saturated heterocycles. The van der Waals surface area contributed by atoms with Crippen LogP contribution in [0.4, 0.5) is 0 Å². The molecule has 3 N–H and O–H groups in total. The van der Waals surface area contributed by atoms with E-state index in [1.165, 1.54) is 32.1 Å². The van der Waals surface area contributed by atoms with Gasteiger partial charge in [0.25, 0.3) is 0 Å². The van der Waals surface area contributed by atoms with Crippen molar-refractivity contribution in [2.24, 2.45) is 22.0 Å². The van der Waals surface area contributed by atoms with E-state index in [1.54, 1.807) is 6.20 Å². The topological polar surface area (TPSA) is 114 Å². The molecule has 2 fully saturated rings. The maximum atomic E-state index is 6.98. The Balaban J connectivity index is 1.61. The van der Waals surface area contributed by atoms with Crippen molar-refractivity contribution in [3.05, 3.63) is 47.9 Å². The van der Waals surface area contributed by atoms with Crippen molar-refractivity contribution in [3.63, 3.8) is 0 Å². The fourth-order valence-corrected chi connectivity index (χ4v) is 4.48. The molecule has 0 atom stereocenters. The molecule has 0 amide bonds. The Kier molecular flexibility index (Phi) is 5.36. The first-order valence-electron chi connectivity index (χ1n) is 11.0. The number of ether oxygens (including phenoxy) is 1. The molecule has 0 radical (unpaired) electrons. The van der Waals surface area contributed by atoms with Crippen molar-refractivity contribution >= 4 is 11.5 Å². The molecule has 0 unspecified atom stereocenters. The molecular formula is C23H27N7O. The molecule has 0 aliphatic heterocycles. The molecule has 5 rings (SSSR count). The average molecular weight is 418 g/mol. The summed E-state index contributed by atoms with van der Waals surface area (Å²) >= 11 is 0. The summed E-state index contributed by atoms with van der Waals surface area (Å²) < 4.78 is 7.93. The van der Waals surface area contributed by atoms with Crippen molar-refractivity contribution in [1.29, 1.82) is 5.53 Å². The normalized spacial score (nSPS) is 17.7. The SMILES string of the molecule is N=N/N=C(\N)c1cnn2c(C3CCCCC3)c(-c3cccc(OCC4CC4)c3)cnc12. The Hall–Kier alpha value is -3.29. The van der Waals surface area contributed by atoms with Crippen molar-refractivity contribution < 1.29 is 4.74 Å². The molecule has 2 aromatic heterocycles. The summed E-state index contributed by atoms with van der Waals surface area (Å²) in [5.74, 6) is 2.16. The van der Waals surface area contributed by atoms with Crippen LogP contribution in [0.5, 0.6) is 5.75 Å². The minimum atomic E-state index is 0.148. The van der Waals surface area contributed by atoms with Crippen molar-refractivity contribution in [2.75, 3.05) is 6.61 Å². The third-order valence-corrected chi connectivity index (χ3v) is 6.32. The summed E-state index contributed by atoms with van der Waals surface area (Å²) in [4.78, 5) is 4.69. The second kappa shape index (κ2) is 8.45. The van der Waals surface area contributed by atoms with Gasteiger partial charge in [-0.15, -0.1) is 5.10 Å². The number of aromatic nitrogens is 3. The quantitative estimate of drug-likeness (QED) is 0.247. The maximum absolute atomic E-state index is 6.98. The first-order valence-corrected chi connectivity index (χ1v) is 11.0. The highest BCUT2D eigenvalue weighted by molar-refractivity contribution is 6.02. The van der Waals surface area contributed by atoms with Gasteiger partial charge in [-0.05, 0) is 49.3 Å². The van der Waals surface area contributed by atoms with E-state index in [0.717, 1.165) is 42.0 Å². The van der Waals surface area contributed by atoms with E-state index in [1.807, 2.05) is 22.8 Å². The van der Waals surface area contributed by atoms with E-state index in [-0.39, 0.29) is 5.84 Å². The van der Waals surface area contributed by atoms with Crippen LogP contribution in [0.1, 0.15) is 62.1 Å². The van der Waals surface area contributed by atoms with Gasteiger partial charge in [-0.3, -0.25) is 0 Å². The van der Waals surface area contributed by atoms with Crippen LogP contribution in [0.2, 0.25) is 0 Å². The summed E-state index contributed by atoms with van der Waals surface area (Å²) in [5.41, 5.74) is 17.5. The maximum Gasteiger partial charge on any atom is 0.166 e. The van der Waals surface area contributed by atoms with Gasteiger partial charge in [0.15, 0.2) is 11.5 Å². The van der Waals surface area contributed by atoms with Crippen molar-refractivity contribution in [1.82, 2.24) is 14.6 Å². The fraction of sp³-hybridized carbons (Fsp3) is 0.435. The number of hydrogen-bond acceptors (Lipinski definition) is 5. The molecule has 160 valence electrons. The Labute approximate surface area is 181 Å². The monoisotopic (exact) mass is 417 g/mol. The predicted molar refractivity (Wildman–Crippen MR) is 118 cm³/mol. The smallest absolute Gasteiger partial charge is 0.166 e. The third kappa shape index (κ3) is 4.02. The Morgan fingerprint density at radius 2 is 2.00 bits per heavy atom. The molecule has 0 bridgehead atoms. The van der Waals surface area contributed by atoms with Crippen molar-refractivity contribution in [3.8, 4) is 16.9 Å². The van der Waals surface area contributed by atoms with Gasteiger partial charge in [-0.2, -0.15) is 10.6 Å². The number of rotatable bonds is 7. The van der Waals surface area contributed by atoms with E-state index in [0.29, 0.717) is 23.0 Å². The lowest BCUT2D eigenvalue weighted by molar-refractivity contribution is 0.300. The van der Waals surface area contributed by atoms with E-state index < -0.39 is 0 Å². The van der Waals surface area contributed by atoms with Gasteiger partial charge in [0.2, 0.25) is 0 Å². The minimum absolute atomic E-state index is 0.148. The zero-order valence-electron chi connectivity index (χ0n) is 17.5. The van der Waals surface area contributed by atoms with Gasteiger partial charge in [0, 0.05) is 17.7 Å². The number of fused-ring (bicyclic) bond motifs is 1. The summed E-state index contributed by atoms with van der Waals surface area (Å²) in [7, 11) is 0. The molecule has 2 heterocycles. The lowest BCUT2D eigenvalue weighted by atomic mass is 9.84. The van der Waals surface area contributed by atoms with Crippen LogP contribution >= 0.6 is 0 Å². The third-order valence-electron chi connectivity index (χ3n) is 6.32. The molecule has 2 aliphatic carbocycles. The minimum Gasteiger partial charge on any atom is -0.493 e. The van der Waals surface area contributed by atoms with E-state index in [4.69, 9.17) is 16.0 Å². The van der Waals surface area contributed by atoms with Crippen LogP contribution in [0.3, 0.4) is 0 Å². The highest BCUT2D eigenvalue weighted by Crippen LogP contribution is 2.39. The first kappa shape index (κ1) is 19.7. The number of benzene rings is 1. The molecule has 8 nitrogen and oxygen atoms in total. The van der Waals surface area contributed by atoms with Crippen LogP contribution in [0.25, 0.3) is 16.8 Å². The molecule has 1 aromatic carbocycles. The zero-order chi connectivity index (χ0) is 21.2. The first-order chi connectivity index (χ1) is 15.2. The lowest BCUT2D eigenvalue weighted by Gasteiger charge is -2.25. The average Bonchev–Trinajstić information content (AvgIpc) is 3.54. The number of nitrogens with one attached hydrogen (secondary N) is 1. The molecule has 31 heavy (non-hydrogen) atoms. The summed E-state index contributed by atoms with van der Waals surface area (Å²) in [6, 6.07) is 8.28. The fourth-order valence-electron chi connectivity index (χ4n) is 4.48. The molecule has 3 aromatic rings. The zero-order valence-corrected chi connectivity index (χ0v) is 17.5. The lowest BCUT2D eigenvalue weighted by Crippen LogP contribution is -2.15. The molecular weight excluding hydrogens is 390 g/mol. The predicted octanol–water partition coefficient (Wildman–Crippen LogP) is 4.88. The Morgan fingerprint density at radius 1 is 1.16 bits per heavy atom. The van der Waals surface area contributed by atoms with Crippen LogP contribution in [-0.4, -0.2) is 27.0 Å². The number of nitrogens with two attached hydrogens (primary N) is 1. The summed E-state index contributed by atoms with van der Waals surface area (Å²) in [6.45, 7) is 0.790. The highest BCUT2D eigenvalue weighted by Gasteiger charge is 2.25. The molecule has 2 aliphatic rings. The van der Waals surface area contributed by atoms with Crippen LogP contribution in [0, 0.1) is 11.4 Å². The van der Waals surface area contributed by atoms with Gasteiger partial charge in [-0.25, -0.2) is 9.50 Å². The molecule has 2 saturated carbocycles. The second-order valence-corrected chi connectivity index (χ2v) is 8.55. The van der Waals surface area contributed by atoms with Crippen molar-refractivity contribution in [2.45, 2.75) is 50.9 Å². The number of hydrogen-bond donors (Lipinski definition) is 2. The van der Waals surface area contributed by atoms with Gasteiger partial charge >= 0.3 is 0 Å². The van der Waals surface area contributed by atoms with Gasteiger partial charge < -0.3 is 10.5 Å². The second-order valence-electron chi connectivity index (χ2n) is 8.55. The van der Waals surface area contributed by atoms with E-state index in [9.17, 15) is 0 Å². The Morgan fingerprint density at radius 3 is 2.77 bits per heavy atom. The van der Waals surface area contributed by atoms with Crippen LogP contribution in [0.15, 0.2) is 47.0 Å². The largest absolute Gasteiger partial charge is 0.493 e. The molecule has 8 heteroatoms. The van der Waals surface area contributed by atoms with E-state index in [2.05, 4.69) is 32.5 Å². The van der Waals surface area contributed by atoms with Gasteiger partial charge in [0.05, 0.1) is 24.1 Å². The van der Waals surface area contributed by atoms with Gasteiger partial charge in [-0.1, -0.05) is 36.6 Å². The van der Waals surface area contributed by atoms with Crippen LogP contribution in [-0.2, 0) is 0 Å². The standard InChI is InChI=1S/C23H27N7O/c24-22(28-29-25)20-13-27-30-21(16-5-2-1-3-6-16)19(12-26-23(20)30)17-7-4-8-18(11-17)31-14-15-9-10-15/h4,7-8,11-13,15-16H,1-3,5-6,9-10,14H2,(H3,24,25,28). The Bertz CT molecular complexity index is 1130. The highest BCUT2D eigenvalue weighted by atomic mass is 16.5.